The van der Waals surface area contributed by atoms with Gasteiger partial charge in [0.1, 0.15) is 11.5 Å². The summed E-state index contributed by atoms with van der Waals surface area (Å²) in [6.45, 7) is 0.453. The van der Waals surface area contributed by atoms with Gasteiger partial charge in [-0.2, -0.15) is 0 Å². The second kappa shape index (κ2) is 6.44. The zero-order valence-electron chi connectivity index (χ0n) is 14.6. The second-order valence-electron chi connectivity index (χ2n) is 6.77. The Morgan fingerprint density at radius 2 is 2.04 bits per heavy atom. The van der Waals surface area contributed by atoms with Gasteiger partial charge in [0, 0.05) is 48.5 Å². The Bertz CT molecular complexity index is 905. The van der Waals surface area contributed by atoms with Crippen molar-refractivity contribution >= 4 is 28.7 Å². The molecule has 0 bridgehead atoms. The number of hydrogen-bond acceptors (Lipinski definition) is 4. The number of nitrogens with one attached hydrogen (secondary N) is 4. The Morgan fingerprint density at radius 3 is 2.77 bits per heavy atom. The molecule has 26 heavy (non-hydrogen) atoms. The summed E-state index contributed by atoms with van der Waals surface area (Å²) >= 11 is 0. The van der Waals surface area contributed by atoms with Crippen molar-refractivity contribution in [3.63, 3.8) is 0 Å². The number of rotatable bonds is 4. The van der Waals surface area contributed by atoms with Crippen molar-refractivity contribution in [2.45, 2.75) is 19.3 Å². The predicted octanol–water partition coefficient (Wildman–Crippen LogP) is 4.07. The van der Waals surface area contributed by atoms with Gasteiger partial charge in [0.05, 0.1) is 5.69 Å². The van der Waals surface area contributed by atoms with E-state index in [2.05, 4.69) is 16.0 Å². The van der Waals surface area contributed by atoms with E-state index in [9.17, 15) is 9.18 Å². The van der Waals surface area contributed by atoms with Gasteiger partial charge in [0.25, 0.3) is 0 Å². The molecule has 1 aliphatic carbocycles. The molecule has 0 unspecified atom stereocenters. The Morgan fingerprint density at radius 1 is 1.23 bits per heavy atom. The summed E-state index contributed by atoms with van der Waals surface area (Å²) in [6.07, 6.45) is 2.42. The highest BCUT2D eigenvalue weighted by molar-refractivity contribution is 6.07. The average molecular weight is 352 g/mol. The van der Waals surface area contributed by atoms with E-state index in [1.165, 1.54) is 6.07 Å². The first-order chi connectivity index (χ1) is 12.6. The molecule has 0 saturated heterocycles. The molecule has 0 spiro atoms. The molecule has 1 aliphatic heterocycles. The Labute approximate surface area is 151 Å². The third-order valence-corrected chi connectivity index (χ3v) is 4.95. The molecule has 134 valence electrons. The van der Waals surface area contributed by atoms with Crippen molar-refractivity contribution in [3.8, 4) is 11.1 Å². The maximum atomic E-state index is 14.3. The maximum absolute atomic E-state index is 14.3. The van der Waals surface area contributed by atoms with Gasteiger partial charge in [-0.05, 0) is 42.7 Å². The van der Waals surface area contributed by atoms with Gasteiger partial charge >= 0.3 is 0 Å². The van der Waals surface area contributed by atoms with Crippen LogP contribution in [0.15, 0.2) is 30.3 Å². The molecule has 1 saturated carbocycles. The fraction of sp³-hybridized carbons (Fsp3) is 0.300. The topological polar surface area (TPSA) is 77.0 Å². The minimum atomic E-state index is -0.454. The lowest BCUT2D eigenvalue weighted by Crippen LogP contribution is -2.11. The molecule has 6 heteroatoms. The van der Waals surface area contributed by atoms with Crippen molar-refractivity contribution in [1.29, 1.82) is 5.41 Å². The number of carbonyl (C=O) groups is 1. The zero-order valence-corrected chi connectivity index (χ0v) is 14.6. The van der Waals surface area contributed by atoms with Gasteiger partial charge in [-0.25, -0.2) is 4.39 Å². The van der Waals surface area contributed by atoms with Crippen LogP contribution < -0.4 is 16.0 Å². The molecule has 2 aromatic carbocycles. The fourth-order valence-corrected chi connectivity index (χ4v) is 3.37. The molecule has 2 aromatic rings. The number of hydrogen-bond donors (Lipinski definition) is 4. The first kappa shape index (κ1) is 16.6. The number of benzene rings is 2. The van der Waals surface area contributed by atoms with Gasteiger partial charge in [0.15, 0.2) is 0 Å². The summed E-state index contributed by atoms with van der Waals surface area (Å²) in [6, 6.07) is 8.98. The minimum Gasteiger partial charge on any atom is -0.388 e. The summed E-state index contributed by atoms with van der Waals surface area (Å²) in [5.74, 6) is -0.321. The quantitative estimate of drug-likeness (QED) is 0.627. The maximum Gasteiger partial charge on any atom is 0.226 e. The van der Waals surface area contributed by atoms with Crippen molar-refractivity contribution in [1.82, 2.24) is 0 Å². The molecule has 4 N–H and O–H groups in total. The number of fused-ring (bicyclic) bond motifs is 1. The monoisotopic (exact) mass is 352 g/mol. The summed E-state index contributed by atoms with van der Waals surface area (Å²) in [7, 11) is 1.85. The number of carbonyl (C=O) groups excluding carboxylic acids is 1. The summed E-state index contributed by atoms with van der Waals surface area (Å²) in [4.78, 5) is 11.8. The SMILES string of the molecule is CNc1ccc(-c2ccc(F)c3c2NCCC(=O)N3)cc1C(=N)C1CC1. The first-order valence-corrected chi connectivity index (χ1v) is 8.85. The van der Waals surface area contributed by atoms with Gasteiger partial charge in [-0.15, -0.1) is 0 Å². The van der Waals surface area contributed by atoms with Crippen molar-refractivity contribution in [2.24, 2.45) is 5.92 Å². The molecule has 5 nitrogen and oxygen atoms in total. The van der Waals surface area contributed by atoms with E-state index >= 15 is 0 Å². The van der Waals surface area contributed by atoms with E-state index < -0.39 is 5.82 Å². The molecular formula is C20H21FN4O. The van der Waals surface area contributed by atoms with E-state index in [-0.39, 0.29) is 11.6 Å². The standard InChI is InChI=1S/C20H21FN4O/c1-23-16-7-4-12(10-14(16)18(22)11-2-3-11)13-5-6-15(21)20-19(13)24-9-8-17(26)25-20/h4-7,10-11,22-24H,2-3,8-9H2,1H3,(H,25,26). The average Bonchev–Trinajstić information content (AvgIpc) is 3.49. The third kappa shape index (κ3) is 2.92. The van der Waals surface area contributed by atoms with Crippen LogP contribution in [0.4, 0.5) is 21.5 Å². The van der Waals surface area contributed by atoms with Crippen molar-refractivity contribution < 1.29 is 9.18 Å². The lowest BCUT2D eigenvalue weighted by Gasteiger charge is -2.17. The van der Waals surface area contributed by atoms with Crippen LogP contribution in [0.3, 0.4) is 0 Å². The molecule has 0 atom stereocenters. The highest BCUT2D eigenvalue weighted by Gasteiger charge is 2.29. The van der Waals surface area contributed by atoms with Crippen LogP contribution in [-0.4, -0.2) is 25.2 Å². The van der Waals surface area contributed by atoms with E-state index in [0.717, 1.165) is 35.2 Å². The van der Waals surface area contributed by atoms with Crippen LogP contribution >= 0.6 is 0 Å². The van der Waals surface area contributed by atoms with Crippen molar-refractivity contribution in [3.05, 3.63) is 41.7 Å². The molecule has 4 rings (SSSR count). The van der Waals surface area contributed by atoms with Gasteiger partial charge in [-0.3, -0.25) is 4.79 Å². The number of halogens is 1. The molecule has 1 fully saturated rings. The van der Waals surface area contributed by atoms with Crippen LogP contribution in [0.25, 0.3) is 11.1 Å². The molecular weight excluding hydrogens is 331 g/mol. The number of anilines is 3. The first-order valence-electron chi connectivity index (χ1n) is 8.85. The Hall–Kier alpha value is -2.89. The summed E-state index contributed by atoms with van der Waals surface area (Å²) in [5.41, 5.74) is 4.94. The summed E-state index contributed by atoms with van der Waals surface area (Å²) < 4.78 is 14.3. The van der Waals surface area contributed by atoms with Crippen LogP contribution in [0.2, 0.25) is 0 Å². The Kier molecular flexibility index (Phi) is 4.11. The molecule has 0 aromatic heterocycles. The van der Waals surface area contributed by atoms with E-state index in [1.54, 1.807) is 6.07 Å². The Balaban J connectivity index is 1.83. The van der Waals surface area contributed by atoms with Gasteiger partial charge in [-0.1, -0.05) is 6.07 Å². The molecule has 1 amide bonds. The van der Waals surface area contributed by atoms with Gasteiger partial charge < -0.3 is 21.4 Å². The normalized spacial score (nSPS) is 16.2. The molecule has 1 heterocycles. The van der Waals surface area contributed by atoms with E-state index in [1.807, 2.05) is 25.2 Å². The minimum absolute atomic E-state index is 0.196. The van der Waals surface area contributed by atoms with E-state index in [4.69, 9.17) is 5.41 Å². The molecule has 0 radical (unpaired) electrons. The number of amides is 1. The third-order valence-electron chi connectivity index (χ3n) is 4.95. The smallest absolute Gasteiger partial charge is 0.226 e. The van der Waals surface area contributed by atoms with Crippen LogP contribution in [-0.2, 0) is 4.79 Å². The second-order valence-corrected chi connectivity index (χ2v) is 6.77. The van der Waals surface area contributed by atoms with Crippen LogP contribution in [0.5, 0.6) is 0 Å². The van der Waals surface area contributed by atoms with Gasteiger partial charge in [0.2, 0.25) is 5.91 Å². The zero-order chi connectivity index (χ0) is 18.3. The molecule has 2 aliphatic rings. The highest BCUT2D eigenvalue weighted by Crippen LogP contribution is 2.40. The predicted molar refractivity (Wildman–Crippen MR) is 103 cm³/mol. The lowest BCUT2D eigenvalue weighted by molar-refractivity contribution is -0.115. The lowest BCUT2D eigenvalue weighted by atomic mass is 9.96. The van der Waals surface area contributed by atoms with E-state index in [0.29, 0.717) is 30.3 Å². The fourth-order valence-electron chi connectivity index (χ4n) is 3.37. The van der Waals surface area contributed by atoms with Crippen LogP contribution in [0, 0.1) is 17.1 Å². The highest BCUT2D eigenvalue weighted by atomic mass is 19.1. The largest absolute Gasteiger partial charge is 0.388 e. The summed E-state index contributed by atoms with van der Waals surface area (Å²) in [5, 5.41) is 17.5. The van der Waals surface area contributed by atoms with Crippen molar-refractivity contribution in [2.75, 3.05) is 29.5 Å². The van der Waals surface area contributed by atoms with Crippen LogP contribution in [0.1, 0.15) is 24.8 Å².